The van der Waals surface area contributed by atoms with E-state index >= 15 is 0 Å². The minimum atomic E-state index is 0.159. The average Bonchev–Trinajstić information content (AvgIpc) is 3.01. The van der Waals surface area contributed by atoms with Crippen molar-refractivity contribution < 1.29 is 4.79 Å². The summed E-state index contributed by atoms with van der Waals surface area (Å²) in [5.74, 6) is 0.560. The molecule has 1 aliphatic carbocycles. The molecule has 0 aliphatic heterocycles. The maximum absolute atomic E-state index is 10.9. The highest BCUT2D eigenvalue weighted by Gasteiger charge is 2.31. The molecule has 1 heterocycles. The van der Waals surface area contributed by atoms with E-state index in [0.717, 1.165) is 24.8 Å². The predicted molar refractivity (Wildman–Crippen MR) is 81.3 cm³/mol. The lowest BCUT2D eigenvalue weighted by molar-refractivity contribution is 0.111. The molecule has 2 nitrogen and oxygen atoms in total. The molecule has 0 radical (unpaired) electrons. The topological polar surface area (TPSA) is 32.9 Å². The van der Waals surface area contributed by atoms with Crippen LogP contribution in [0.15, 0.2) is 36.4 Å². The number of hydrogen-bond donors (Lipinski definition) is 1. The van der Waals surface area contributed by atoms with Crippen molar-refractivity contribution in [2.75, 3.05) is 0 Å². The van der Waals surface area contributed by atoms with Crippen molar-refractivity contribution >= 4 is 6.29 Å². The summed E-state index contributed by atoms with van der Waals surface area (Å²) in [7, 11) is 0. The third kappa shape index (κ3) is 2.31. The van der Waals surface area contributed by atoms with Crippen LogP contribution in [0.1, 0.15) is 59.9 Å². The molecule has 1 aliphatic rings. The Labute approximate surface area is 120 Å². The maximum atomic E-state index is 10.9. The molecular formula is C18H21NO. The molecule has 0 saturated heterocycles. The van der Waals surface area contributed by atoms with Crippen LogP contribution in [0.3, 0.4) is 0 Å². The Bertz CT molecular complexity index is 610. The van der Waals surface area contributed by atoms with Crippen molar-refractivity contribution in [3.05, 3.63) is 58.9 Å². The molecule has 1 N–H and O–H groups in total. The first kappa shape index (κ1) is 13.2. The van der Waals surface area contributed by atoms with E-state index in [4.69, 9.17) is 0 Å². The lowest BCUT2D eigenvalue weighted by Gasteiger charge is -2.28. The molecule has 0 spiro atoms. The van der Waals surface area contributed by atoms with Crippen LogP contribution in [-0.4, -0.2) is 11.3 Å². The Hall–Kier alpha value is -1.83. The van der Waals surface area contributed by atoms with Gasteiger partial charge in [-0.3, -0.25) is 4.79 Å². The van der Waals surface area contributed by atoms with Gasteiger partial charge in [-0.1, -0.05) is 44.2 Å². The SMILES string of the molecule is CC(C)(CC1CCc2[nH]c(C=O)cc21)c1ccccc1. The molecule has 0 amide bonds. The van der Waals surface area contributed by atoms with Crippen molar-refractivity contribution in [3.8, 4) is 0 Å². The zero-order valence-corrected chi connectivity index (χ0v) is 12.1. The summed E-state index contributed by atoms with van der Waals surface area (Å²) in [6.07, 6.45) is 4.30. The molecular weight excluding hydrogens is 246 g/mol. The highest BCUT2D eigenvalue weighted by atomic mass is 16.1. The van der Waals surface area contributed by atoms with Crippen LogP contribution in [0.25, 0.3) is 0 Å². The molecule has 104 valence electrons. The van der Waals surface area contributed by atoms with Crippen LogP contribution in [0, 0.1) is 0 Å². The van der Waals surface area contributed by atoms with Gasteiger partial charge >= 0.3 is 0 Å². The summed E-state index contributed by atoms with van der Waals surface area (Å²) >= 11 is 0. The number of nitrogens with one attached hydrogen (secondary N) is 1. The Morgan fingerprint density at radius 2 is 2.05 bits per heavy atom. The van der Waals surface area contributed by atoms with Gasteiger partial charge in [-0.15, -0.1) is 0 Å². The number of aldehydes is 1. The molecule has 2 aromatic rings. The monoisotopic (exact) mass is 267 g/mol. The minimum absolute atomic E-state index is 0.159. The highest BCUT2D eigenvalue weighted by Crippen LogP contribution is 2.42. The molecule has 1 unspecified atom stereocenters. The Balaban J connectivity index is 1.83. The molecule has 1 aromatic carbocycles. The van der Waals surface area contributed by atoms with Gasteiger partial charge in [0.15, 0.2) is 6.29 Å². The lowest BCUT2D eigenvalue weighted by Crippen LogP contribution is -2.20. The largest absolute Gasteiger partial charge is 0.356 e. The predicted octanol–water partition coefficient (Wildman–Crippen LogP) is 4.22. The fourth-order valence-corrected chi connectivity index (χ4v) is 3.48. The third-order valence-electron chi connectivity index (χ3n) is 4.58. The molecule has 2 heteroatoms. The number of carbonyl (C=O) groups is 1. The van der Waals surface area contributed by atoms with Crippen LogP contribution < -0.4 is 0 Å². The number of rotatable bonds is 4. The number of carbonyl (C=O) groups excluding carboxylic acids is 1. The third-order valence-corrected chi connectivity index (χ3v) is 4.58. The zero-order chi connectivity index (χ0) is 14.2. The molecule has 1 aromatic heterocycles. The number of benzene rings is 1. The van der Waals surface area contributed by atoms with Gasteiger partial charge < -0.3 is 4.98 Å². The first-order valence-electron chi connectivity index (χ1n) is 7.32. The van der Waals surface area contributed by atoms with Crippen molar-refractivity contribution in [2.45, 2.75) is 44.4 Å². The molecule has 0 saturated carbocycles. The summed E-state index contributed by atoms with van der Waals surface area (Å²) in [4.78, 5) is 14.1. The van der Waals surface area contributed by atoms with Crippen LogP contribution in [-0.2, 0) is 11.8 Å². The molecule has 20 heavy (non-hydrogen) atoms. The molecule has 3 rings (SSSR count). The normalized spacial score (nSPS) is 18.0. The van der Waals surface area contributed by atoms with Gasteiger partial charge in [0.2, 0.25) is 0 Å². The van der Waals surface area contributed by atoms with E-state index in [0.29, 0.717) is 5.92 Å². The van der Waals surface area contributed by atoms with E-state index in [1.165, 1.54) is 23.2 Å². The Kier molecular flexibility index (Phi) is 3.25. The van der Waals surface area contributed by atoms with E-state index in [2.05, 4.69) is 49.2 Å². The number of aromatic nitrogens is 1. The van der Waals surface area contributed by atoms with Gasteiger partial charge in [-0.25, -0.2) is 0 Å². The second-order valence-corrected chi connectivity index (χ2v) is 6.47. The second-order valence-electron chi connectivity index (χ2n) is 6.47. The number of fused-ring (bicyclic) bond motifs is 1. The summed E-state index contributed by atoms with van der Waals surface area (Å²) in [6, 6.07) is 12.8. The average molecular weight is 267 g/mol. The van der Waals surface area contributed by atoms with E-state index in [9.17, 15) is 4.79 Å². The van der Waals surface area contributed by atoms with Gasteiger partial charge in [0, 0.05) is 5.69 Å². The first-order chi connectivity index (χ1) is 9.60. The Morgan fingerprint density at radius 1 is 1.30 bits per heavy atom. The van der Waals surface area contributed by atoms with E-state index in [-0.39, 0.29) is 5.41 Å². The Morgan fingerprint density at radius 3 is 2.75 bits per heavy atom. The lowest BCUT2D eigenvalue weighted by atomic mass is 9.76. The molecule has 0 fully saturated rings. The van der Waals surface area contributed by atoms with Crippen molar-refractivity contribution in [3.63, 3.8) is 0 Å². The smallest absolute Gasteiger partial charge is 0.166 e. The van der Waals surface area contributed by atoms with Gasteiger partial charge in [0.25, 0.3) is 0 Å². The quantitative estimate of drug-likeness (QED) is 0.826. The van der Waals surface area contributed by atoms with E-state index in [1.807, 2.05) is 6.07 Å². The minimum Gasteiger partial charge on any atom is -0.356 e. The van der Waals surface area contributed by atoms with Crippen LogP contribution in [0.4, 0.5) is 0 Å². The van der Waals surface area contributed by atoms with Crippen molar-refractivity contribution in [1.82, 2.24) is 4.98 Å². The van der Waals surface area contributed by atoms with E-state index in [1.54, 1.807) is 0 Å². The summed E-state index contributed by atoms with van der Waals surface area (Å²) < 4.78 is 0. The van der Waals surface area contributed by atoms with Crippen LogP contribution >= 0.6 is 0 Å². The van der Waals surface area contributed by atoms with Crippen LogP contribution in [0.2, 0.25) is 0 Å². The summed E-state index contributed by atoms with van der Waals surface area (Å²) in [6.45, 7) is 4.63. The highest BCUT2D eigenvalue weighted by molar-refractivity contribution is 5.73. The first-order valence-corrected chi connectivity index (χ1v) is 7.32. The van der Waals surface area contributed by atoms with Gasteiger partial charge in [0.05, 0.1) is 5.69 Å². The molecule has 1 atom stereocenters. The molecule has 0 bridgehead atoms. The summed E-state index contributed by atoms with van der Waals surface area (Å²) in [5.41, 5.74) is 4.89. The van der Waals surface area contributed by atoms with Gasteiger partial charge in [-0.2, -0.15) is 0 Å². The zero-order valence-electron chi connectivity index (χ0n) is 12.1. The van der Waals surface area contributed by atoms with Crippen molar-refractivity contribution in [1.29, 1.82) is 0 Å². The number of aromatic amines is 1. The fourth-order valence-electron chi connectivity index (χ4n) is 3.48. The van der Waals surface area contributed by atoms with Gasteiger partial charge in [-0.05, 0) is 47.8 Å². The fraction of sp³-hybridized carbons (Fsp3) is 0.389. The number of hydrogen-bond acceptors (Lipinski definition) is 1. The van der Waals surface area contributed by atoms with Gasteiger partial charge in [0.1, 0.15) is 0 Å². The second kappa shape index (κ2) is 4.93. The number of aryl methyl sites for hydroxylation is 1. The number of H-pyrrole nitrogens is 1. The standard InChI is InChI=1S/C18H21NO/c1-18(2,14-6-4-3-5-7-14)11-13-8-9-17-16(13)10-15(12-20)19-17/h3-7,10,12-13,19H,8-9,11H2,1-2H3. The summed E-state index contributed by atoms with van der Waals surface area (Å²) in [5, 5.41) is 0. The maximum Gasteiger partial charge on any atom is 0.166 e. The van der Waals surface area contributed by atoms with Crippen LogP contribution in [0.5, 0.6) is 0 Å². The van der Waals surface area contributed by atoms with E-state index < -0.39 is 0 Å². The van der Waals surface area contributed by atoms with Crippen molar-refractivity contribution in [2.24, 2.45) is 0 Å².